The lowest BCUT2D eigenvalue weighted by molar-refractivity contribution is -0.538. The van der Waals surface area contributed by atoms with Gasteiger partial charge in [-0.05, 0) is 36.4 Å². The van der Waals surface area contributed by atoms with Gasteiger partial charge in [0.2, 0.25) is 33.7 Å². The number of nitrogens with zero attached hydrogens (tertiary/aromatic N) is 4. The van der Waals surface area contributed by atoms with Crippen LogP contribution in [0, 0.1) is 0 Å². The van der Waals surface area contributed by atoms with E-state index >= 15 is 0 Å². The maximum absolute atomic E-state index is 6.13. The van der Waals surface area contributed by atoms with E-state index in [1.807, 2.05) is 121 Å². The maximum atomic E-state index is 6.13. The summed E-state index contributed by atoms with van der Waals surface area (Å²) in [6.07, 6.45) is 0. The topological polar surface area (TPSA) is 156 Å². The lowest BCUT2D eigenvalue weighted by Gasteiger charge is -2.10. The molecule has 0 bridgehead atoms. The van der Waals surface area contributed by atoms with Crippen LogP contribution in [0.2, 0.25) is 0 Å². The average Bonchev–Trinajstić information content (AvgIpc) is 3.11. The number of benzene rings is 6. The molecule has 0 fully saturated rings. The molecule has 10 heteroatoms. The summed E-state index contributed by atoms with van der Waals surface area (Å²) >= 11 is 0. The summed E-state index contributed by atoms with van der Waals surface area (Å²) < 4.78 is 15.1. The molecule has 0 aliphatic heterocycles. The predicted molar refractivity (Wildman–Crippen MR) is 192 cm³/mol. The van der Waals surface area contributed by atoms with Crippen molar-refractivity contribution in [2.24, 2.45) is 0 Å². The van der Waals surface area contributed by atoms with Gasteiger partial charge in [0.15, 0.2) is 0 Å². The Bertz CT molecular complexity index is 2460. The summed E-state index contributed by atoms with van der Waals surface area (Å²) in [4.78, 5) is 9.49. The van der Waals surface area contributed by atoms with E-state index in [9.17, 15) is 0 Å². The smallest absolute Gasteiger partial charge is 0.282 e. The van der Waals surface area contributed by atoms with Crippen molar-refractivity contribution in [1.82, 2.24) is 9.97 Å². The minimum absolute atomic E-state index is 0.569. The molecule has 0 atom stereocenters. The minimum atomic E-state index is 0.569. The Morgan fingerprint density at radius 2 is 1.00 bits per heavy atom. The Hall–Kier alpha value is -6.68. The van der Waals surface area contributed by atoms with Crippen LogP contribution in [-0.2, 0) is 0 Å². The largest absolute Gasteiger partial charge is 0.495 e. The van der Waals surface area contributed by atoms with Crippen molar-refractivity contribution in [3.8, 4) is 22.9 Å². The molecule has 8 aromatic rings. The molecule has 2 heterocycles. The van der Waals surface area contributed by atoms with Gasteiger partial charge in [0.1, 0.15) is 27.8 Å². The molecule has 0 aliphatic carbocycles. The van der Waals surface area contributed by atoms with Gasteiger partial charge >= 0.3 is 0 Å². The Balaban J connectivity index is 0.000000152. The van der Waals surface area contributed by atoms with Gasteiger partial charge in [-0.15, -0.1) is 9.13 Å². The number of hydrogen-bond acceptors (Lipinski definition) is 8. The molecule has 236 valence electrons. The molecular weight excluding hydrogens is 600 g/mol. The van der Waals surface area contributed by atoms with Crippen LogP contribution in [0.1, 0.15) is 0 Å². The number of fused-ring (bicyclic) bond motifs is 4. The van der Waals surface area contributed by atoms with Crippen LogP contribution in [0.4, 0.5) is 22.7 Å². The number of aromatic nitrogens is 4. The SMILES string of the molecule is COc1c(N)ccc2nc3ccc(N)cc3[n+](-c3ccccc3)c12.COc1cc2nc3ccc(N)cc3[n+](-c3ccccc3)c2cc1N. The van der Waals surface area contributed by atoms with Crippen molar-refractivity contribution in [3.63, 3.8) is 0 Å². The maximum Gasteiger partial charge on any atom is 0.282 e. The monoisotopic (exact) mass is 634 g/mol. The first kappa shape index (κ1) is 30.0. The van der Waals surface area contributed by atoms with Crippen molar-refractivity contribution in [1.29, 1.82) is 0 Å². The number of rotatable bonds is 4. The van der Waals surface area contributed by atoms with Crippen LogP contribution in [0.5, 0.6) is 11.5 Å². The van der Waals surface area contributed by atoms with E-state index in [1.165, 1.54) is 0 Å². The van der Waals surface area contributed by atoms with Gasteiger partial charge in [-0.3, -0.25) is 0 Å². The average molecular weight is 635 g/mol. The van der Waals surface area contributed by atoms with Crippen molar-refractivity contribution in [2.45, 2.75) is 0 Å². The third-order valence-corrected chi connectivity index (χ3v) is 8.13. The molecule has 8 N–H and O–H groups in total. The van der Waals surface area contributed by atoms with Crippen molar-refractivity contribution < 1.29 is 18.6 Å². The highest BCUT2D eigenvalue weighted by Crippen LogP contribution is 2.31. The van der Waals surface area contributed by atoms with Gasteiger partial charge in [0.05, 0.1) is 25.6 Å². The number of nitrogen functional groups attached to an aromatic ring is 4. The van der Waals surface area contributed by atoms with Crippen LogP contribution in [0.25, 0.3) is 55.5 Å². The third kappa shape index (κ3) is 5.31. The van der Waals surface area contributed by atoms with E-state index in [1.54, 1.807) is 14.2 Å². The van der Waals surface area contributed by atoms with Crippen LogP contribution < -0.4 is 41.5 Å². The molecular formula is C38H34N8O2+2. The van der Waals surface area contributed by atoms with Gasteiger partial charge in [0, 0.05) is 59.9 Å². The predicted octanol–water partition coefficient (Wildman–Crippen LogP) is 5.68. The number of methoxy groups -OCH3 is 2. The Morgan fingerprint density at radius 1 is 0.479 bits per heavy atom. The first-order valence-corrected chi connectivity index (χ1v) is 15.2. The number of nitrogens with two attached hydrogens (primary N) is 4. The summed E-state index contributed by atoms with van der Waals surface area (Å²) in [5, 5.41) is 0. The lowest BCUT2D eigenvalue weighted by Crippen LogP contribution is -2.33. The molecule has 2 aromatic heterocycles. The Labute approximate surface area is 276 Å². The molecule has 0 saturated carbocycles. The van der Waals surface area contributed by atoms with Gasteiger partial charge < -0.3 is 32.4 Å². The molecule has 6 aromatic carbocycles. The normalized spacial score (nSPS) is 11.0. The molecule has 0 amide bonds. The highest BCUT2D eigenvalue weighted by atomic mass is 16.5. The van der Waals surface area contributed by atoms with E-state index in [0.717, 1.165) is 55.5 Å². The summed E-state index contributed by atoms with van der Waals surface area (Å²) in [6, 6.07) is 39.0. The first-order chi connectivity index (χ1) is 23.4. The fraction of sp³-hybridized carbons (Fsp3) is 0.0526. The number of anilines is 4. The second kappa shape index (κ2) is 12.3. The standard InChI is InChI=1S/2C19H16N4O/c1-24-19-14(21)8-10-16-18(19)23(13-5-3-2-4-6-13)17-11-12(20)7-9-15(17)22-16;1-24-19-11-16-18(10-14(19)21)23(13-5-3-2-4-6-13)17-9-12(20)7-8-15(17)22-16/h2*2-11H,1H3,(H3,20,21)/p+2. The minimum Gasteiger partial charge on any atom is -0.495 e. The molecule has 48 heavy (non-hydrogen) atoms. The van der Waals surface area contributed by atoms with Gasteiger partial charge in [-0.1, -0.05) is 36.4 Å². The zero-order valence-corrected chi connectivity index (χ0v) is 26.5. The fourth-order valence-electron chi connectivity index (χ4n) is 5.95. The number of hydrogen-bond donors (Lipinski definition) is 4. The third-order valence-electron chi connectivity index (χ3n) is 8.13. The second-order valence-corrected chi connectivity index (χ2v) is 11.2. The van der Waals surface area contributed by atoms with Crippen LogP contribution in [-0.4, -0.2) is 24.2 Å². The van der Waals surface area contributed by atoms with E-state index in [2.05, 4.69) is 9.13 Å². The van der Waals surface area contributed by atoms with Crippen molar-refractivity contribution >= 4 is 66.9 Å². The van der Waals surface area contributed by atoms with Crippen LogP contribution in [0.3, 0.4) is 0 Å². The molecule has 0 unspecified atom stereocenters. The zero-order valence-electron chi connectivity index (χ0n) is 26.5. The Kier molecular flexibility index (Phi) is 7.66. The van der Waals surface area contributed by atoms with E-state index in [4.69, 9.17) is 42.4 Å². The van der Waals surface area contributed by atoms with Gasteiger partial charge in [-0.2, -0.15) is 0 Å². The molecule has 0 spiro atoms. The highest BCUT2D eigenvalue weighted by Gasteiger charge is 2.25. The first-order valence-electron chi connectivity index (χ1n) is 15.2. The van der Waals surface area contributed by atoms with Crippen molar-refractivity contribution in [2.75, 3.05) is 37.2 Å². The molecule has 8 rings (SSSR count). The summed E-state index contributed by atoms with van der Waals surface area (Å²) in [5.74, 6) is 1.22. The summed E-state index contributed by atoms with van der Waals surface area (Å²) in [7, 11) is 3.22. The summed E-state index contributed by atoms with van der Waals surface area (Å²) in [5.41, 5.74) is 35.7. The second-order valence-electron chi connectivity index (χ2n) is 11.2. The van der Waals surface area contributed by atoms with Crippen LogP contribution in [0.15, 0.2) is 121 Å². The molecule has 10 nitrogen and oxygen atoms in total. The van der Waals surface area contributed by atoms with Crippen molar-refractivity contribution in [3.05, 3.63) is 121 Å². The molecule has 0 radical (unpaired) electrons. The quantitative estimate of drug-likeness (QED) is 0.110. The van der Waals surface area contributed by atoms with E-state index < -0.39 is 0 Å². The lowest BCUT2D eigenvalue weighted by atomic mass is 10.1. The van der Waals surface area contributed by atoms with E-state index in [0.29, 0.717) is 34.2 Å². The number of para-hydroxylation sites is 2. The van der Waals surface area contributed by atoms with Gasteiger partial charge in [-0.25, -0.2) is 9.97 Å². The molecule has 0 aliphatic rings. The molecule has 0 saturated heterocycles. The fourth-order valence-corrected chi connectivity index (χ4v) is 5.95. The number of ether oxygens (including phenoxy) is 2. The zero-order chi connectivity index (χ0) is 33.4. The van der Waals surface area contributed by atoms with Crippen LogP contribution >= 0.6 is 0 Å². The Morgan fingerprint density at radius 3 is 1.58 bits per heavy atom. The van der Waals surface area contributed by atoms with Gasteiger partial charge in [0.25, 0.3) is 5.52 Å². The van der Waals surface area contributed by atoms with E-state index in [-0.39, 0.29) is 0 Å². The summed E-state index contributed by atoms with van der Waals surface area (Å²) in [6.45, 7) is 0. The highest BCUT2D eigenvalue weighted by molar-refractivity contribution is 5.90.